The molecule has 2 bridgehead atoms. The Hall–Kier alpha value is -2.88. The number of amides is 1. The van der Waals surface area contributed by atoms with Crippen LogP contribution >= 0.6 is 0 Å². The molecule has 1 aromatic heterocycles. The summed E-state index contributed by atoms with van der Waals surface area (Å²) < 4.78 is 42.7. The van der Waals surface area contributed by atoms with Crippen LogP contribution in [0.2, 0.25) is 0 Å². The van der Waals surface area contributed by atoms with Crippen LogP contribution in [0.1, 0.15) is 64.9 Å². The van der Waals surface area contributed by atoms with Crippen LogP contribution in [0.5, 0.6) is 17.5 Å². The highest BCUT2D eigenvalue weighted by atomic mass is 32.2. The molecular weight excluding hydrogens is 482 g/mol. The highest BCUT2D eigenvalue weighted by molar-refractivity contribution is 7.92. The molecule has 2 saturated heterocycles. The maximum absolute atomic E-state index is 12.7. The van der Waals surface area contributed by atoms with Gasteiger partial charge in [-0.15, -0.1) is 0 Å². The molecule has 2 atom stereocenters. The standard InChI is InChI=1S/C26H33N3O6S/c1-16-23(33-19-7-9-21(10-8-19)36(31,32)22-11-12-22)27-15-28-24(16)34-20-13-17-5-6-18(14-20)29(17)25(30)35-26(2,3)4/h7-10,15,17-18,20,22H,5-6,11-14H2,1-4H3. The van der Waals surface area contributed by atoms with Crippen molar-refractivity contribution in [2.24, 2.45) is 0 Å². The Bertz CT molecular complexity index is 1220. The van der Waals surface area contributed by atoms with Gasteiger partial charge in [-0.2, -0.15) is 0 Å². The van der Waals surface area contributed by atoms with E-state index in [1.54, 1.807) is 24.3 Å². The Morgan fingerprint density at radius 3 is 2.17 bits per heavy atom. The lowest BCUT2D eigenvalue weighted by Gasteiger charge is -2.39. The Kier molecular flexibility index (Phi) is 6.34. The van der Waals surface area contributed by atoms with Crippen LogP contribution in [0, 0.1) is 6.92 Å². The number of rotatable bonds is 6. The molecule has 36 heavy (non-hydrogen) atoms. The molecule has 0 spiro atoms. The van der Waals surface area contributed by atoms with Gasteiger partial charge in [0.25, 0.3) is 0 Å². The first-order valence-electron chi connectivity index (χ1n) is 12.5. The number of benzene rings is 1. The lowest BCUT2D eigenvalue weighted by atomic mass is 10.00. The number of carbonyl (C=O) groups is 1. The van der Waals surface area contributed by atoms with E-state index >= 15 is 0 Å². The number of nitrogens with zero attached hydrogens (tertiary/aromatic N) is 3. The topological polar surface area (TPSA) is 108 Å². The summed E-state index contributed by atoms with van der Waals surface area (Å²) in [6.07, 6.45) is 5.83. The largest absolute Gasteiger partial charge is 0.474 e. The van der Waals surface area contributed by atoms with E-state index in [-0.39, 0.29) is 29.5 Å². The van der Waals surface area contributed by atoms with E-state index in [2.05, 4.69) is 9.97 Å². The first-order valence-corrected chi connectivity index (χ1v) is 14.1. The van der Waals surface area contributed by atoms with Crippen LogP contribution in [0.25, 0.3) is 0 Å². The quantitative estimate of drug-likeness (QED) is 0.539. The summed E-state index contributed by atoms with van der Waals surface area (Å²) in [6.45, 7) is 7.47. The van der Waals surface area contributed by atoms with Crippen LogP contribution < -0.4 is 9.47 Å². The first kappa shape index (κ1) is 24.8. The monoisotopic (exact) mass is 515 g/mol. The zero-order valence-corrected chi connectivity index (χ0v) is 22.0. The van der Waals surface area contributed by atoms with Crippen molar-refractivity contribution in [1.82, 2.24) is 14.9 Å². The molecule has 2 unspecified atom stereocenters. The fourth-order valence-corrected chi connectivity index (χ4v) is 6.67. The van der Waals surface area contributed by atoms with Gasteiger partial charge >= 0.3 is 6.09 Å². The van der Waals surface area contributed by atoms with E-state index in [0.29, 0.717) is 40.8 Å². The van der Waals surface area contributed by atoms with Gasteiger partial charge in [-0.25, -0.2) is 23.2 Å². The third-order valence-corrected chi connectivity index (χ3v) is 9.17. The van der Waals surface area contributed by atoms with E-state index < -0.39 is 15.4 Å². The van der Waals surface area contributed by atoms with E-state index in [0.717, 1.165) is 25.7 Å². The average molecular weight is 516 g/mol. The molecule has 194 valence electrons. The third kappa shape index (κ3) is 5.14. The Morgan fingerprint density at radius 1 is 0.972 bits per heavy atom. The fraction of sp³-hybridized carbons (Fsp3) is 0.577. The summed E-state index contributed by atoms with van der Waals surface area (Å²) in [4.78, 5) is 23.5. The number of hydrogen-bond acceptors (Lipinski definition) is 8. The van der Waals surface area contributed by atoms with Crippen molar-refractivity contribution in [3.63, 3.8) is 0 Å². The molecule has 1 saturated carbocycles. The van der Waals surface area contributed by atoms with Crippen LogP contribution in [0.4, 0.5) is 4.79 Å². The first-order chi connectivity index (χ1) is 17.0. The van der Waals surface area contributed by atoms with Crippen molar-refractivity contribution in [3.05, 3.63) is 36.2 Å². The third-order valence-electron chi connectivity index (χ3n) is 6.89. The number of aromatic nitrogens is 2. The summed E-state index contributed by atoms with van der Waals surface area (Å²) in [6, 6.07) is 6.61. The molecular formula is C26H33N3O6S. The lowest BCUT2D eigenvalue weighted by Crippen LogP contribution is -2.50. The molecule has 1 aliphatic carbocycles. The normalized spacial score (nSPS) is 23.9. The van der Waals surface area contributed by atoms with Gasteiger partial charge in [-0.1, -0.05) is 0 Å². The molecule has 5 rings (SSSR count). The van der Waals surface area contributed by atoms with Gasteiger partial charge < -0.3 is 19.1 Å². The summed E-state index contributed by atoms with van der Waals surface area (Å²) >= 11 is 0. The minimum absolute atomic E-state index is 0.0745. The summed E-state index contributed by atoms with van der Waals surface area (Å²) in [5, 5.41) is -0.251. The zero-order valence-electron chi connectivity index (χ0n) is 21.1. The van der Waals surface area contributed by atoms with Crippen molar-refractivity contribution in [1.29, 1.82) is 0 Å². The SMILES string of the molecule is Cc1c(Oc2ccc(S(=O)(=O)C3CC3)cc2)ncnc1OC1CC2CCC(C1)N2C(=O)OC(C)(C)C. The van der Waals surface area contributed by atoms with E-state index in [1.807, 2.05) is 32.6 Å². The summed E-state index contributed by atoms with van der Waals surface area (Å²) in [5.41, 5.74) is 0.138. The van der Waals surface area contributed by atoms with Gasteiger partial charge in [-0.05, 0) is 77.6 Å². The van der Waals surface area contributed by atoms with Crippen LogP contribution in [0.15, 0.2) is 35.5 Å². The van der Waals surface area contributed by atoms with Gasteiger partial charge in [0.05, 0.1) is 15.7 Å². The molecule has 3 aliphatic rings. The molecule has 0 radical (unpaired) electrons. The Morgan fingerprint density at radius 2 is 1.58 bits per heavy atom. The van der Waals surface area contributed by atoms with Gasteiger partial charge in [0, 0.05) is 24.9 Å². The summed E-state index contributed by atoms with van der Waals surface area (Å²) in [7, 11) is -3.24. The second kappa shape index (κ2) is 9.21. The number of carbonyl (C=O) groups excluding carboxylic acids is 1. The van der Waals surface area contributed by atoms with Crippen molar-refractivity contribution >= 4 is 15.9 Å². The van der Waals surface area contributed by atoms with E-state index in [1.165, 1.54) is 6.33 Å². The van der Waals surface area contributed by atoms with Crippen molar-refractivity contribution < 1.29 is 27.4 Å². The Balaban J connectivity index is 1.24. The second-order valence-electron chi connectivity index (χ2n) is 10.9. The van der Waals surface area contributed by atoms with Gasteiger partial charge in [0.1, 0.15) is 23.8 Å². The molecule has 2 aliphatic heterocycles. The Labute approximate surface area is 212 Å². The molecule has 9 nitrogen and oxygen atoms in total. The highest BCUT2D eigenvalue weighted by Crippen LogP contribution is 2.39. The zero-order chi connectivity index (χ0) is 25.7. The number of hydrogen-bond donors (Lipinski definition) is 0. The van der Waals surface area contributed by atoms with Crippen molar-refractivity contribution in [3.8, 4) is 17.5 Å². The maximum Gasteiger partial charge on any atom is 0.410 e. The number of sulfone groups is 1. The van der Waals surface area contributed by atoms with E-state index in [4.69, 9.17) is 14.2 Å². The molecule has 3 heterocycles. The highest BCUT2D eigenvalue weighted by Gasteiger charge is 2.45. The molecule has 1 aromatic carbocycles. The minimum Gasteiger partial charge on any atom is -0.474 e. The van der Waals surface area contributed by atoms with Crippen LogP contribution in [0.3, 0.4) is 0 Å². The minimum atomic E-state index is -3.24. The van der Waals surface area contributed by atoms with Gasteiger partial charge in [0.2, 0.25) is 11.8 Å². The van der Waals surface area contributed by atoms with Crippen LogP contribution in [-0.2, 0) is 14.6 Å². The maximum atomic E-state index is 12.7. The summed E-state index contributed by atoms with van der Waals surface area (Å²) in [5.74, 6) is 1.29. The molecule has 0 N–H and O–H groups in total. The van der Waals surface area contributed by atoms with Crippen molar-refractivity contribution in [2.45, 2.75) is 100 Å². The number of piperidine rings is 1. The molecule has 10 heteroatoms. The fourth-order valence-electron chi connectivity index (χ4n) is 5.01. The smallest absolute Gasteiger partial charge is 0.410 e. The average Bonchev–Trinajstić information content (AvgIpc) is 3.62. The van der Waals surface area contributed by atoms with Gasteiger partial charge in [-0.3, -0.25) is 0 Å². The number of ether oxygens (including phenoxy) is 3. The van der Waals surface area contributed by atoms with Crippen LogP contribution in [-0.4, -0.2) is 58.4 Å². The molecule has 2 aromatic rings. The van der Waals surface area contributed by atoms with Gasteiger partial charge in [0.15, 0.2) is 9.84 Å². The second-order valence-corrected chi connectivity index (χ2v) is 13.1. The van der Waals surface area contributed by atoms with Crippen molar-refractivity contribution in [2.75, 3.05) is 0 Å². The lowest BCUT2D eigenvalue weighted by molar-refractivity contribution is -0.00773. The van der Waals surface area contributed by atoms with E-state index in [9.17, 15) is 13.2 Å². The predicted molar refractivity (Wildman–Crippen MR) is 132 cm³/mol. The molecule has 3 fully saturated rings. The molecule has 1 amide bonds. The number of fused-ring (bicyclic) bond motifs is 2. The predicted octanol–water partition coefficient (Wildman–Crippen LogP) is 4.82.